The number of rotatable bonds is 4. The molecule has 7 heteroatoms. The third-order valence-corrected chi connectivity index (χ3v) is 6.37. The Morgan fingerprint density at radius 1 is 1.07 bits per heavy atom. The molecule has 0 aromatic heterocycles. The van der Waals surface area contributed by atoms with E-state index in [0.717, 1.165) is 31.8 Å². The van der Waals surface area contributed by atoms with Gasteiger partial charge in [0.05, 0.1) is 17.8 Å². The van der Waals surface area contributed by atoms with Crippen LogP contribution >= 0.6 is 0 Å². The monoisotopic (exact) mass is 398 g/mol. The molecule has 2 heterocycles. The summed E-state index contributed by atoms with van der Waals surface area (Å²) in [5.74, 6) is 0.0926. The minimum atomic E-state index is -0.310. The Morgan fingerprint density at radius 2 is 1.83 bits per heavy atom. The Bertz CT molecular complexity index is 780. The largest absolute Gasteiger partial charge is 0.349 e. The highest BCUT2D eigenvalue weighted by molar-refractivity contribution is 6.09. The van der Waals surface area contributed by atoms with E-state index in [4.69, 9.17) is 0 Å². The van der Waals surface area contributed by atoms with Gasteiger partial charge in [0.15, 0.2) is 0 Å². The molecule has 1 aromatic rings. The smallest absolute Gasteiger partial charge is 0.253 e. The Morgan fingerprint density at radius 3 is 2.59 bits per heavy atom. The quantitative estimate of drug-likeness (QED) is 0.725. The van der Waals surface area contributed by atoms with E-state index in [-0.39, 0.29) is 30.3 Å². The first-order valence-electron chi connectivity index (χ1n) is 10.8. The lowest BCUT2D eigenvalue weighted by atomic mass is 9.88. The van der Waals surface area contributed by atoms with Crippen LogP contribution in [0.15, 0.2) is 18.2 Å². The molecule has 0 spiro atoms. The molecule has 0 bridgehead atoms. The van der Waals surface area contributed by atoms with Crippen molar-refractivity contribution in [3.8, 4) is 0 Å². The van der Waals surface area contributed by atoms with Crippen LogP contribution in [0, 0.1) is 5.92 Å². The Hall–Kier alpha value is -2.41. The van der Waals surface area contributed by atoms with Crippen molar-refractivity contribution in [2.75, 3.05) is 31.5 Å². The summed E-state index contributed by atoms with van der Waals surface area (Å²) in [6.45, 7) is 3.20. The number of anilines is 1. The summed E-state index contributed by atoms with van der Waals surface area (Å²) in [4.78, 5) is 39.0. The average molecular weight is 399 g/mol. The second kappa shape index (κ2) is 8.95. The van der Waals surface area contributed by atoms with Crippen molar-refractivity contribution in [1.82, 2.24) is 15.5 Å². The lowest BCUT2D eigenvalue weighted by molar-refractivity contribution is -0.115. The van der Waals surface area contributed by atoms with E-state index >= 15 is 0 Å². The molecule has 4 rings (SSSR count). The minimum Gasteiger partial charge on any atom is -0.349 e. The normalized spacial score (nSPS) is 21.7. The molecule has 7 nitrogen and oxygen atoms in total. The van der Waals surface area contributed by atoms with Gasteiger partial charge in [-0.15, -0.1) is 0 Å². The molecule has 0 radical (unpaired) electrons. The zero-order valence-corrected chi connectivity index (χ0v) is 16.8. The second-order valence-corrected chi connectivity index (χ2v) is 8.54. The van der Waals surface area contributed by atoms with Gasteiger partial charge in [-0.3, -0.25) is 14.4 Å². The summed E-state index contributed by atoms with van der Waals surface area (Å²) in [6, 6.07) is 4.99. The highest BCUT2D eigenvalue weighted by atomic mass is 16.2. The zero-order valence-electron chi connectivity index (χ0n) is 16.8. The van der Waals surface area contributed by atoms with E-state index in [9.17, 15) is 14.4 Å². The first-order chi connectivity index (χ1) is 14.1. The minimum absolute atomic E-state index is 0.0610. The number of benzene rings is 1. The standard InChI is InChI=1S/C22H30N4O3/c27-20-13-23-22(29)18-7-6-16(12-19(18)25-20)21(28)24-17-8-10-26(11-9-17)14-15-4-2-1-3-5-15/h6-7,12,15,17H,1-5,8-11,13-14H2,(H,23,29)(H,24,28)(H,25,27). The summed E-state index contributed by atoms with van der Waals surface area (Å²) in [5, 5.41) is 8.35. The van der Waals surface area contributed by atoms with Crippen LogP contribution in [-0.4, -0.2) is 54.8 Å². The molecule has 0 atom stereocenters. The number of likely N-dealkylation sites (tertiary alicyclic amines) is 1. The predicted octanol–water partition coefficient (Wildman–Crippen LogP) is 2.14. The third kappa shape index (κ3) is 4.96. The van der Waals surface area contributed by atoms with E-state index in [0.29, 0.717) is 16.8 Å². The van der Waals surface area contributed by atoms with Crippen LogP contribution in [0.1, 0.15) is 65.7 Å². The molecule has 2 fully saturated rings. The number of carbonyl (C=O) groups excluding carboxylic acids is 3. The molecule has 3 aliphatic rings. The van der Waals surface area contributed by atoms with Crippen molar-refractivity contribution < 1.29 is 14.4 Å². The SMILES string of the molecule is O=C1CNC(=O)c2ccc(C(=O)NC3CCN(CC4CCCCC4)CC3)cc2N1. The van der Waals surface area contributed by atoms with E-state index in [1.54, 1.807) is 18.2 Å². The van der Waals surface area contributed by atoms with Crippen LogP contribution in [0.3, 0.4) is 0 Å². The van der Waals surface area contributed by atoms with Gasteiger partial charge in [0, 0.05) is 31.2 Å². The average Bonchev–Trinajstić information content (AvgIpc) is 2.88. The first-order valence-corrected chi connectivity index (χ1v) is 10.8. The van der Waals surface area contributed by atoms with Crippen molar-refractivity contribution in [3.05, 3.63) is 29.3 Å². The molecule has 2 aliphatic heterocycles. The van der Waals surface area contributed by atoms with E-state index in [2.05, 4.69) is 20.9 Å². The Balaban J connectivity index is 1.31. The van der Waals surface area contributed by atoms with Gasteiger partial charge in [-0.1, -0.05) is 19.3 Å². The summed E-state index contributed by atoms with van der Waals surface area (Å²) in [7, 11) is 0. The molecule has 1 saturated heterocycles. The molecule has 0 unspecified atom stereocenters. The third-order valence-electron chi connectivity index (χ3n) is 6.37. The van der Waals surface area contributed by atoms with Crippen LogP contribution in [0.4, 0.5) is 5.69 Å². The van der Waals surface area contributed by atoms with Crippen molar-refractivity contribution in [3.63, 3.8) is 0 Å². The van der Waals surface area contributed by atoms with E-state index in [1.807, 2.05) is 0 Å². The highest BCUT2D eigenvalue weighted by Crippen LogP contribution is 2.26. The number of hydrogen-bond donors (Lipinski definition) is 3. The number of amides is 3. The molecule has 1 saturated carbocycles. The van der Waals surface area contributed by atoms with Crippen LogP contribution in [-0.2, 0) is 4.79 Å². The highest BCUT2D eigenvalue weighted by Gasteiger charge is 2.25. The van der Waals surface area contributed by atoms with Gasteiger partial charge in [0.2, 0.25) is 5.91 Å². The van der Waals surface area contributed by atoms with Gasteiger partial charge >= 0.3 is 0 Å². The number of nitrogens with one attached hydrogen (secondary N) is 3. The molecular weight excluding hydrogens is 368 g/mol. The van der Waals surface area contributed by atoms with E-state index in [1.165, 1.54) is 38.6 Å². The number of piperidine rings is 1. The first kappa shape index (κ1) is 19.9. The van der Waals surface area contributed by atoms with E-state index < -0.39 is 0 Å². The van der Waals surface area contributed by atoms with Gasteiger partial charge in [-0.05, 0) is 49.8 Å². The van der Waals surface area contributed by atoms with Crippen molar-refractivity contribution in [2.24, 2.45) is 5.92 Å². The molecule has 3 N–H and O–H groups in total. The lowest BCUT2D eigenvalue weighted by Crippen LogP contribution is -2.46. The van der Waals surface area contributed by atoms with Crippen molar-refractivity contribution >= 4 is 23.4 Å². The van der Waals surface area contributed by atoms with Crippen molar-refractivity contribution in [1.29, 1.82) is 0 Å². The van der Waals surface area contributed by atoms with Crippen LogP contribution < -0.4 is 16.0 Å². The topological polar surface area (TPSA) is 90.5 Å². The van der Waals surface area contributed by atoms with Crippen LogP contribution in [0.25, 0.3) is 0 Å². The molecule has 29 heavy (non-hydrogen) atoms. The van der Waals surface area contributed by atoms with Crippen molar-refractivity contribution in [2.45, 2.75) is 51.0 Å². The lowest BCUT2D eigenvalue weighted by Gasteiger charge is -2.35. The molecular formula is C22H30N4O3. The van der Waals surface area contributed by atoms with Crippen LogP contribution in [0.5, 0.6) is 0 Å². The molecule has 156 valence electrons. The maximum Gasteiger partial charge on any atom is 0.253 e. The molecule has 1 aromatic carbocycles. The summed E-state index contributed by atoms with van der Waals surface area (Å²) < 4.78 is 0. The maximum absolute atomic E-state index is 12.7. The molecule has 3 amide bonds. The van der Waals surface area contributed by atoms with Gasteiger partial charge in [0.1, 0.15) is 0 Å². The fraction of sp³-hybridized carbons (Fsp3) is 0.591. The van der Waals surface area contributed by atoms with Gasteiger partial charge in [-0.25, -0.2) is 0 Å². The maximum atomic E-state index is 12.7. The number of hydrogen-bond acceptors (Lipinski definition) is 4. The number of carbonyl (C=O) groups is 3. The summed E-state index contributed by atoms with van der Waals surface area (Å²) >= 11 is 0. The zero-order chi connectivity index (χ0) is 20.2. The second-order valence-electron chi connectivity index (χ2n) is 8.54. The molecule has 1 aliphatic carbocycles. The fourth-order valence-electron chi connectivity index (χ4n) is 4.70. The number of nitrogens with zero attached hydrogens (tertiary/aromatic N) is 1. The summed E-state index contributed by atoms with van der Waals surface area (Å²) in [6.07, 6.45) is 8.79. The Labute approximate surface area is 171 Å². The predicted molar refractivity (Wildman–Crippen MR) is 111 cm³/mol. The fourth-order valence-corrected chi connectivity index (χ4v) is 4.70. The summed E-state index contributed by atoms with van der Waals surface area (Å²) in [5.41, 5.74) is 1.23. The van der Waals surface area contributed by atoms with Gasteiger partial charge in [-0.2, -0.15) is 0 Å². The van der Waals surface area contributed by atoms with Gasteiger partial charge in [0.25, 0.3) is 11.8 Å². The number of fused-ring (bicyclic) bond motifs is 1. The van der Waals surface area contributed by atoms with Crippen LogP contribution in [0.2, 0.25) is 0 Å². The Kier molecular flexibility index (Phi) is 6.13. The van der Waals surface area contributed by atoms with Gasteiger partial charge < -0.3 is 20.9 Å².